The maximum atomic E-state index is 9.27. The number of fused-ring (bicyclic) bond motifs is 1. The zero-order chi connectivity index (χ0) is 15.0. The largest absolute Gasteiger partial charge is 1.00 e. The minimum Gasteiger partial charge on any atom is -1.00 e. The van der Waals surface area contributed by atoms with Crippen molar-refractivity contribution in [2.24, 2.45) is 0 Å². The third kappa shape index (κ3) is 2.81. The lowest BCUT2D eigenvalue weighted by atomic mass is 10.0. The van der Waals surface area contributed by atoms with E-state index in [0.29, 0.717) is 6.54 Å². The number of imidazole rings is 1. The average molecular weight is 361 g/mol. The number of aryl methyl sites for hydroxylation is 3. The number of hydrogen-bond donors (Lipinski definition) is 1. The van der Waals surface area contributed by atoms with Crippen LogP contribution in [0.25, 0.3) is 16.7 Å². The van der Waals surface area contributed by atoms with Crippen molar-refractivity contribution in [3.05, 3.63) is 59.4 Å². The fraction of sp³-hybridized carbons (Fsp3) is 0.278. The molecule has 22 heavy (non-hydrogen) atoms. The highest BCUT2D eigenvalue weighted by Crippen LogP contribution is 2.24. The SMILES string of the molecule is Cc1cc(C)c(-n2c[n+](CCO)c3ccccc32)c(C)c1.[Br-]. The van der Waals surface area contributed by atoms with Crippen molar-refractivity contribution < 1.29 is 26.7 Å². The van der Waals surface area contributed by atoms with Gasteiger partial charge in [-0.15, -0.1) is 0 Å². The molecule has 0 unspecified atom stereocenters. The van der Waals surface area contributed by atoms with Crippen molar-refractivity contribution in [1.82, 2.24) is 4.57 Å². The minimum absolute atomic E-state index is 0. The van der Waals surface area contributed by atoms with E-state index >= 15 is 0 Å². The molecule has 0 aliphatic carbocycles. The molecule has 0 fully saturated rings. The Morgan fingerprint density at radius 2 is 1.68 bits per heavy atom. The Labute approximate surface area is 141 Å². The van der Waals surface area contributed by atoms with Crippen LogP contribution in [0.4, 0.5) is 0 Å². The van der Waals surface area contributed by atoms with Gasteiger partial charge in [0.1, 0.15) is 12.2 Å². The minimum atomic E-state index is 0. The van der Waals surface area contributed by atoms with Gasteiger partial charge in [0.2, 0.25) is 6.33 Å². The Balaban J connectivity index is 0.00000176. The summed E-state index contributed by atoms with van der Waals surface area (Å²) >= 11 is 0. The van der Waals surface area contributed by atoms with Gasteiger partial charge in [0.25, 0.3) is 0 Å². The van der Waals surface area contributed by atoms with Gasteiger partial charge in [0, 0.05) is 0 Å². The highest BCUT2D eigenvalue weighted by atomic mass is 79.9. The van der Waals surface area contributed by atoms with E-state index in [-0.39, 0.29) is 23.6 Å². The molecule has 0 atom stereocenters. The summed E-state index contributed by atoms with van der Waals surface area (Å²) in [6.45, 7) is 7.19. The summed E-state index contributed by atoms with van der Waals surface area (Å²) in [5, 5.41) is 9.27. The van der Waals surface area contributed by atoms with Crippen LogP contribution in [0.1, 0.15) is 16.7 Å². The van der Waals surface area contributed by atoms with Crippen LogP contribution in [0.5, 0.6) is 0 Å². The molecule has 0 spiro atoms. The Bertz CT molecular complexity index is 785. The van der Waals surface area contributed by atoms with Gasteiger partial charge in [-0.05, 0) is 44.0 Å². The summed E-state index contributed by atoms with van der Waals surface area (Å²) in [6.07, 6.45) is 2.09. The van der Waals surface area contributed by atoms with E-state index in [1.54, 1.807) is 0 Å². The maximum Gasteiger partial charge on any atom is 0.250 e. The molecule has 3 nitrogen and oxygen atoms in total. The summed E-state index contributed by atoms with van der Waals surface area (Å²) in [5.41, 5.74) is 7.36. The molecule has 1 heterocycles. The highest BCUT2D eigenvalue weighted by molar-refractivity contribution is 5.75. The van der Waals surface area contributed by atoms with Gasteiger partial charge in [0.15, 0.2) is 11.0 Å². The summed E-state index contributed by atoms with van der Waals surface area (Å²) in [5.74, 6) is 0. The molecule has 0 aliphatic heterocycles. The Hall–Kier alpha value is -1.65. The third-order valence-corrected chi connectivity index (χ3v) is 3.92. The maximum absolute atomic E-state index is 9.27. The molecule has 3 rings (SSSR count). The quantitative estimate of drug-likeness (QED) is 0.646. The van der Waals surface area contributed by atoms with Crippen LogP contribution in [0.15, 0.2) is 42.7 Å². The van der Waals surface area contributed by atoms with Crippen LogP contribution >= 0.6 is 0 Å². The van der Waals surface area contributed by atoms with Crippen LogP contribution in [0.3, 0.4) is 0 Å². The summed E-state index contributed by atoms with van der Waals surface area (Å²) < 4.78 is 4.34. The van der Waals surface area contributed by atoms with E-state index in [1.165, 1.54) is 27.9 Å². The van der Waals surface area contributed by atoms with Gasteiger partial charge < -0.3 is 22.1 Å². The standard InChI is InChI=1S/C18H21N2O.BrH/c1-13-10-14(2)18(15(3)11-13)20-12-19(8-9-21)16-6-4-5-7-17(16)20;/h4-7,10-12,21H,8-9H2,1-3H3;1H/q+1;/p-1. The van der Waals surface area contributed by atoms with E-state index in [1.807, 2.05) is 6.07 Å². The number of halogens is 1. The van der Waals surface area contributed by atoms with Crippen LogP contribution in [0.2, 0.25) is 0 Å². The van der Waals surface area contributed by atoms with Gasteiger partial charge in [-0.3, -0.25) is 0 Å². The van der Waals surface area contributed by atoms with Gasteiger partial charge in [-0.1, -0.05) is 29.8 Å². The van der Waals surface area contributed by atoms with Crippen LogP contribution < -0.4 is 21.5 Å². The summed E-state index contributed by atoms with van der Waals surface area (Å²) in [6, 6.07) is 12.7. The molecule has 0 aliphatic rings. The van der Waals surface area contributed by atoms with Crippen molar-refractivity contribution >= 4 is 11.0 Å². The predicted octanol–water partition coefficient (Wildman–Crippen LogP) is -0.160. The summed E-state index contributed by atoms with van der Waals surface area (Å²) in [4.78, 5) is 0. The van der Waals surface area contributed by atoms with Crippen molar-refractivity contribution in [3.8, 4) is 5.69 Å². The molecular weight excluding hydrogens is 340 g/mol. The van der Waals surface area contributed by atoms with E-state index in [2.05, 4.69) is 66.6 Å². The molecule has 1 aromatic heterocycles. The fourth-order valence-electron chi connectivity index (χ4n) is 3.19. The van der Waals surface area contributed by atoms with Crippen molar-refractivity contribution in [3.63, 3.8) is 0 Å². The first-order valence-corrected chi connectivity index (χ1v) is 7.30. The zero-order valence-electron chi connectivity index (χ0n) is 13.2. The van der Waals surface area contributed by atoms with Gasteiger partial charge >= 0.3 is 0 Å². The first-order valence-electron chi connectivity index (χ1n) is 7.30. The highest BCUT2D eigenvalue weighted by Gasteiger charge is 2.19. The van der Waals surface area contributed by atoms with Crippen LogP contribution in [-0.2, 0) is 6.54 Å². The molecule has 0 amide bonds. The molecule has 2 aromatic carbocycles. The smallest absolute Gasteiger partial charge is 0.250 e. The normalized spacial score (nSPS) is 10.7. The van der Waals surface area contributed by atoms with Gasteiger partial charge in [-0.25, -0.2) is 4.57 Å². The number of rotatable bonds is 3. The van der Waals surface area contributed by atoms with Crippen molar-refractivity contribution in [2.45, 2.75) is 27.3 Å². The number of aromatic nitrogens is 2. The van der Waals surface area contributed by atoms with Crippen LogP contribution in [0, 0.1) is 20.8 Å². The lowest BCUT2D eigenvalue weighted by Crippen LogP contribution is -3.00. The van der Waals surface area contributed by atoms with E-state index in [0.717, 1.165) is 5.52 Å². The third-order valence-electron chi connectivity index (χ3n) is 3.92. The number of aliphatic hydroxyl groups excluding tert-OH is 1. The summed E-state index contributed by atoms with van der Waals surface area (Å²) in [7, 11) is 0. The topological polar surface area (TPSA) is 29.0 Å². The molecule has 4 heteroatoms. The lowest BCUT2D eigenvalue weighted by molar-refractivity contribution is -0.673. The average Bonchev–Trinajstić information content (AvgIpc) is 2.78. The van der Waals surface area contributed by atoms with Gasteiger partial charge in [0.05, 0.1) is 6.61 Å². The number of nitrogens with zero attached hydrogens (tertiary/aromatic N) is 2. The molecule has 0 radical (unpaired) electrons. The van der Waals surface area contributed by atoms with Crippen LogP contribution in [-0.4, -0.2) is 16.3 Å². The Kier molecular flexibility index (Phi) is 5.04. The number of benzene rings is 2. The van der Waals surface area contributed by atoms with E-state index in [9.17, 15) is 5.11 Å². The molecule has 0 bridgehead atoms. The first-order chi connectivity index (χ1) is 10.1. The number of para-hydroxylation sites is 2. The number of aliphatic hydroxyl groups is 1. The molecule has 0 saturated carbocycles. The first kappa shape index (κ1) is 16.7. The molecule has 116 valence electrons. The Morgan fingerprint density at radius 3 is 2.32 bits per heavy atom. The lowest BCUT2D eigenvalue weighted by Gasteiger charge is -2.07. The Morgan fingerprint density at radius 1 is 1.05 bits per heavy atom. The monoisotopic (exact) mass is 360 g/mol. The fourth-order valence-corrected chi connectivity index (χ4v) is 3.19. The van der Waals surface area contributed by atoms with Crippen molar-refractivity contribution in [1.29, 1.82) is 0 Å². The number of hydrogen-bond acceptors (Lipinski definition) is 1. The zero-order valence-corrected chi connectivity index (χ0v) is 14.8. The molecular formula is C18H21BrN2O. The second-order valence-electron chi connectivity index (χ2n) is 5.64. The van der Waals surface area contributed by atoms with Gasteiger partial charge in [-0.2, -0.15) is 4.57 Å². The predicted molar refractivity (Wildman–Crippen MR) is 84.8 cm³/mol. The molecule has 0 saturated heterocycles. The van der Waals surface area contributed by atoms with Crippen molar-refractivity contribution in [2.75, 3.05) is 6.61 Å². The van der Waals surface area contributed by atoms with E-state index < -0.39 is 0 Å². The van der Waals surface area contributed by atoms with E-state index in [4.69, 9.17) is 0 Å². The second kappa shape index (κ2) is 6.63. The second-order valence-corrected chi connectivity index (χ2v) is 5.64. The molecule has 1 N–H and O–H groups in total. The molecule has 3 aromatic rings.